The quantitative estimate of drug-likeness (QED) is 0.643. The number of halogens is 3. The number of alkyl halides is 3. The second-order valence-electron chi connectivity index (χ2n) is 8.27. The Bertz CT molecular complexity index is 943. The van der Waals surface area contributed by atoms with Gasteiger partial charge in [0.2, 0.25) is 0 Å². The largest absolute Gasteiger partial charge is 0.573 e. The van der Waals surface area contributed by atoms with Gasteiger partial charge in [-0.3, -0.25) is 0 Å². The first-order chi connectivity index (χ1) is 14.9. The third kappa shape index (κ3) is 6.14. The van der Waals surface area contributed by atoms with Crippen molar-refractivity contribution in [1.82, 2.24) is 14.7 Å². The molecule has 32 heavy (non-hydrogen) atoms. The molecule has 1 saturated heterocycles. The molecule has 11 heteroatoms. The highest BCUT2D eigenvalue weighted by Gasteiger charge is 2.31. The van der Waals surface area contributed by atoms with Crippen LogP contribution in [0.15, 0.2) is 30.3 Å². The first kappa shape index (κ1) is 23.4. The second-order valence-corrected chi connectivity index (χ2v) is 8.27. The number of rotatable bonds is 5. The molecule has 0 aliphatic carbocycles. The number of aromatic nitrogens is 2. The van der Waals surface area contributed by atoms with Crippen molar-refractivity contribution in [1.29, 1.82) is 0 Å². The number of benzene rings is 1. The number of aldehydes is 1. The maximum atomic E-state index is 12.4. The Labute approximate surface area is 183 Å². The van der Waals surface area contributed by atoms with Crippen LogP contribution in [0.4, 0.5) is 23.8 Å². The van der Waals surface area contributed by atoms with Gasteiger partial charge in [-0.05, 0) is 45.0 Å². The molecule has 0 unspecified atom stereocenters. The van der Waals surface area contributed by atoms with Crippen LogP contribution in [0, 0.1) is 0 Å². The molecule has 0 radical (unpaired) electrons. The van der Waals surface area contributed by atoms with Crippen LogP contribution in [0.25, 0.3) is 5.69 Å². The molecule has 1 aliphatic heterocycles. The van der Waals surface area contributed by atoms with Crippen LogP contribution in [0.5, 0.6) is 5.75 Å². The molecule has 3 rings (SSSR count). The summed E-state index contributed by atoms with van der Waals surface area (Å²) in [6.07, 6.45) is -4.32. The third-order valence-corrected chi connectivity index (χ3v) is 4.63. The molecule has 1 aromatic carbocycles. The van der Waals surface area contributed by atoms with Gasteiger partial charge in [-0.2, -0.15) is 0 Å². The van der Waals surface area contributed by atoms with Crippen LogP contribution < -0.4 is 9.64 Å². The van der Waals surface area contributed by atoms with E-state index in [1.54, 1.807) is 11.0 Å². The van der Waals surface area contributed by atoms with Gasteiger partial charge < -0.3 is 24.1 Å². The predicted octanol–water partition coefficient (Wildman–Crippen LogP) is 3.57. The zero-order valence-corrected chi connectivity index (χ0v) is 18.1. The summed E-state index contributed by atoms with van der Waals surface area (Å²) in [5.41, 5.74) is 0.515. The van der Waals surface area contributed by atoms with Gasteiger partial charge in [-0.15, -0.1) is 18.3 Å². The number of piperazine rings is 1. The summed E-state index contributed by atoms with van der Waals surface area (Å²) < 4.78 is 48.0. The zero-order chi connectivity index (χ0) is 23.5. The molecule has 2 heterocycles. The fraction of sp³-hybridized carbons (Fsp3) is 0.476. The number of carbonyl (C=O) groups excluding carboxylic acids is 2. The molecule has 0 atom stereocenters. The van der Waals surface area contributed by atoms with Crippen molar-refractivity contribution in [2.45, 2.75) is 39.2 Å². The molecule has 0 N–H and O–H groups in total. The van der Waals surface area contributed by atoms with E-state index in [4.69, 9.17) is 4.74 Å². The van der Waals surface area contributed by atoms with E-state index in [0.29, 0.717) is 43.4 Å². The van der Waals surface area contributed by atoms with Crippen molar-refractivity contribution in [2.75, 3.05) is 31.1 Å². The highest BCUT2D eigenvalue weighted by atomic mass is 19.4. The smallest absolute Gasteiger partial charge is 0.444 e. The van der Waals surface area contributed by atoms with Gasteiger partial charge in [0.25, 0.3) is 0 Å². The number of carbonyl (C=O) groups is 2. The first-order valence-corrected chi connectivity index (χ1v) is 10.1. The third-order valence-electron chi connectivity index (χ3n) is 4.63. The summed E-state index contributed by atoms with van der Waals surface area (Å²) in [5, 5.41) is 4.54. The Morgan fingerprint density at radius 1 is 1.09 bits per heavy atom. The van der Waals surface area contributed by atoms with Crippen LogP contribution in [-0.2, 0) is 16.0 Å². The number of hydrogen-bond donors (Lipinski definition) is 0. The second kappa shape index (κ2) is 9.09. The lowest BCUT2D eigenvalue weighted by Gasteiger charge is -2.35. The number of ether oxygens (including phenoxy) is 2. The van der Waals surface area contributed by atoms with Gasteiger partial charge >= 0.3 is 12.5 Å². The standard InChI is InChI=1S/C21H25F3N4O4/c1-20(2,3)32-19(30)27-11-9-26(10-12-27)18-14-16(8-13-29)28(25-18)15-4-6-17(7-5-15)31-21(22,23)24/h4-7,13-14H,8-12H2,1-3H3. The highest BCUT2D eigenvalue weighted by Crippen LogP contribution is 2.26. The maximum absolute atomic E-state index is 12.4. The fourth-order valence-electron chi connectivity index (χ4n) is 3.25. The highest BCUT2D eigenvalue weighted by molar-refractivity contribution is 5.68. The molecule has 1 fully saturated rings. The van der Waals surface area contributed by atoms with Crippen LogP contribution in [0.1, 0.15) is 26.5 Å². The van der Waals surface area contributed by atoms with Crippen LogP contribution in [0.2, 0.25) is 0 Å². The fourth-order valence-corrected chi connectivity index (χ4v) is 3.25. The van der Waals surface area contributed by atoms with Gasteiger partial charge in [0, 0.05) is 38.7 Å². The van der Waals surface area contributed by atoms with Crippen molar-refractivity contribution < 1.29 is 32.2 Å². The molecule has 1 amide bonds. The summed E-state index contributed by atoms with van der Waals surface area (Å²) in [5.74, 6) is 0.269. The molecule has 0 spiro atoms. The molecule has 0 bridgehead atoms. The minimum absolute atomic E-state index is 0.0890. The van der Waals surface area contributed by atoms with E-state index in [1.807, 2.05) is 25.7 Å². The van der Waals surface area contributed by atoms with Gasteiger partial charge in [0.05, 0.1) is 11.4 Å². The Morgan fingerprint density at radius 3 is 2.25 bits per heavy atom. The lowest BCUT2D eigenvalue weighted by atomic mass is 10.2. The van der Waals surface area contributed by atoms with Crippen molar-refractivity contribution in [3.05, 3.63) is 36.0 Å². The Morgan fingerprint density at radius 2 is 1.72 bits per heavy atom. The minimum Gasteiger partial charge on any atom is -0.444 e. The monoisotopic (exact) mass is 454 g/mol. The van der Waals surface area contributed by atoms with Crippen LogP contribution in [-0.4, -0.2) is 65.2 Å². The molecular formula is C21H25F3N4O4. The van der Waals surface area contributed by atoms with E-state index in [2.05, 4.69) is 9.84 Å². The van der Waals surface area contributed by atoms with Crippen LogP contribution in [0.3, 0.4) is 0 Å². The summed E-state index contributed by atoms with van der Waals surface area (Å²) >= 11 is 0. The van der Waals surface area contributed by atoms with Crippen molar-refractivity contribution >= 4 is 18.2 Å². The number of amides is 1. The lowest BCUT2D eigenvalue weighted by Crippen LogP contribution is -2.50. The Balaban J connectivity index is 1.73. The Hall–Kier alpha value is -3.24. The summed E-state index contributed by atoms with van der Waals surface area (Å²) in [6, 6.07) is 7.01. The summed E-state index contributed by atoms with van der Waals surface area (Å²) in [4.78, 5) is 27.0. The van der Waals surface area contributed by atoms with E-state index in [0.717, 1.165) is 6.29 Å². The van der Waals surface area contributed by atoms with Gasteiger partial charge in [0.1, 0.15) is 17.6 Å². The molecule has 1 aromatic heterocycles. The summed E-state index contributed by atoms with van der Waals surface area (Å²) in [7, 11) is 0. The SMILES string of the molecule is CC(C)(C)OC(=O)N1CCN(c2cc(CC=O)n(-c3ccc(OC(F)(F)F)cc3)n2)CC1. The Kier molecular flexibility index (Phi) is 6.65. The summed E-state index contributed by atoms with van der Waals surface area (Å²) in [6.45, 7) is 7.38. The number of nitrogens with zero attached hydrogens (tertiary/aromatic N) is 4. The zero-order valence-electron chi connectivity index (χ0n) is 18.1. The van der Waals surface area contributed by atoms with Crippen LogP contribution >= 0.6 is 0 Å². The lowest BCUT2D eigenvalue weighted by molar-refractivity contribution is -0.274. The molecular weight excluding hydrogens is 429 g/mol. The number of anilines is 1. The normalized spacial score (nSPS) is 14.9. The van der Waals surface area contributed by atoms with Gasteiger partial charge in [0.15, 0.2) is 5.82 Å². The van der Waals surface area contributed by atoms with Crippen molar-refractivity contribution in [3.63, 3.8) is 0 Å². The van der Waals surface area contributed by atoms with Gasteiger partial charge in [-0.25, -0.2) is 9.48 Å². The topological polar surface area (TPSA) is 76.9 Å². The van der Waals surface area contributed by atoms with Crippen molar-refractivity contribution in [3.8, 4) is 11.4 Å². The van der Waals surface area contributed by atoms with E-state index in [9.17, 15) is 22.8 Å². The number of hydrogen-bond acceptors (Lipinski definition) is 6. The van der Waals surface area contributed by atoms with E-state index >= 15 is 0 Å². The predicted molar refractivity (Wildman–Crippen MR) is 110 cm³/mol. The van der Waals surface area contributed by atoms with Gasteiger partial charge in [-0.1, -0.05) is 0 Å². The van der Waals surface area contributed by atoms with Crippen molar-refractivity contribution in [2.24, 2.45) is 0 Å². The van der Waals surface area contributed by atoms with E-state index in [1.165, 1.54) is 28.9 Å². The molecule has 174 valence electrons. The molecule has 0 saturated carbocycles. The van der Waals surface area contributed by atoms with E-state index in [-0.39, 0.29) is 18.3 Å². The average Bonchev–Trinajstić information content (AvgIpc) is 3.10. The molecule has 2 aromatic rings. The minimum atomic E-state index is -4.77. The average molecular weight is 454 g/mol. The first-order valence-electron chi connectivity index (χ1n) is 10.1. The van der Waals surface area contributed by atoms with E-state index < -0.39 is 12.0 Å². The molecule has 1 aliphatic rings. The molecule has 8 nitrogen and oxygen atoms in total. The maximum Gasteiger partial charge on any atom is 0.573 e.